The van der Waals surface area contributed by atoms with Gasteiger partial charge >= 0.3 is 5.69 Å². The van der Waals surface area contributed by atoms with Crippen LogP contribution in [-0.2, 0) is 18.5 Å². The van der Waals surface area contributed by atoms with Crippen molar-refractivity contribution in [2.75, 3.05) is 0 Å². The number of nitrogens with zero attached hydrogens (tertiary/aromatic N) is 3. The topological polar surface area (TPSA) is 72.7 Å². The number of aryl methyl sites for hydroxylation is 1. The number of rotatable bonds is 3. The third kappa shape index (κ3) is 2.79. The van der Waals surface area contributed by atoms with Crippen molar-refractivity contribution < 1.29 is 0 Å². The third-order valence-electron chi connectivity index (χ3n) is 4.26. The Kier molecular flexibility index (Phi) is 3.91. The molecule has 0 saturated carbocycles. The van der Waals surface area contributed by atoms with Crippen LogP contribution in [0.3, 0.4) is 0 Å². The summed E-state index contributed by atoms with van der Waals surface area (Å²) in [5, 5.41) is 0. The van der Waals surface area contributed by atoms with Crippen molar-refractivity contribution in [2.24, 2.45) is 0 Å². The van der Waals surface area contributed by atoms with E-state index in [1.165, 1.54) is 10.1 Å². The van der Waals surface area contributed by atoms with Gasteiger partial charge in [0.1, 0.15) is 0 Å². The molecule has 2 aromatic heterocycles. The lowest BCUT2D eigenvalue weighted by Crippen LogP contribution is -2.31. The molecular weight excluding hydrogens is 304 g/mol. The molecule has 1 aromatic carbocycles. The monoisotopic (exact) mass is 326 g/mol. The first-order valence-corrected chi connectivity index (χ1v) is 8.08. The molecule has 6 nitrogen and oxygen atoms in total. The van der Waals surface area contributed by atoms with Crippen LogP contribution < -0.4 is 11.2 Å². The van der Waals surface area contributed by atoms with Crippen molar-refractivity contribution >= 4 is 11.2 Å². The van der Waals surface area contributed by atoms with Gasteiger partial charge in [-0.05, 0) is 23.5 Å². The van der Waals surface area contributed by atoms with Crippen LogP contribution in [0.4, 0.5) is 0 Å². The average Bonchev–Trinajstić information content (AvgIpc) is 2.95. The molecule has 0 aliphatic carbocycles. The average molecular weight is 326 g/mol. The second kappa shape index (κ2) is 5.78. The van der Waals surface area contributed by atoms with E-state index in [1.807, 2.05) is 19.1 Å². The normalized spacial score (nSPS) is 12.0. The van der Waals surface area contributed by atoms with Crippen LogP contribution in [0.1, 0.15) is 38.8 Å². The Morgan fingerprint density at radius 2 is 1.79 bits per heavy atom. The van der Waals surface area contributed by atoms with Crippen molar-refractivity contribution in [1.29, 1.82) is 0 Å². The first kappa shape index (κ1) is 16.2. The minimum atomic E-state index is -0.436. The summed E-state index contributed by atoms with van der Waals surface area (Å²) in [5.74, 6) is 0. The Bertz CT molecular complexity index is 985. The van der Waals surface area contributed by atoms with Crippen molar-refractivity contribution in [3.8, 4) is 0 Å². The van der Waals surface area contributed by atoms with Gasteiger partial charge in [-0.25, -0.2) is 9.78 Å². The fourth-order valence-electron chi connectivity index (χ4n) is 2.80. The fourth-order valence-corrected chi connectivity index (χ4v) is 2.80. The van der Waals surface area contributed by atoms with Gasteiger partial charge in [-0.1, -0.05) is 45.0 Å². The Balaban J connectivity index is 2.06. The van der Waals surface area contributed by atoms with E-state index < -0.39 is 11.2 Å². The predicted octanol–water partition coefficient (Wildman–Crippen LogP) is 2.25. The summed E-state index contributed by atoms with van der Waals surface area (Å²) >= 11 is 0. The highest BCUT2D eigenvalue weighted by atomic mass is 16.2. The van der Waals surface area contributed by atoms with Crippen molar-refractivity contribution in [2.45, 2.75) is 46.2 Å². The van der Waals surface area contributed by atoms with Gasteiger partial charge in [-0.3, -0.25) is 14.3 Å². The van der Waals surface area contributed by atoms with Gasteiger partial charge in [-0.15, -0.1) is 0 Å². The highest BCUT2D eigenvalue weighted by Crippen LogP contribution is 2.22. The third-order valence-corrected chi connectivity index (χ3v) is 4.26. The zero-order chi connectivity index (χ0) is 17.5. The summed E-state index contributed by atoms with van der Waals surface area (Å²) in [6, 6.07) is 8.18. The van der Waals surface area contributed by atoms with Gasteiger partial charge in [-0.2, -0.15) is 0 Å². The second-order valence-electron chi connectivity index (χ2n) is 7.00. The first-order valence-electron chi connectivity index (χ1n) is 8.08. The number of fused-ring (bicyclic) bond motifs is 1. The molecule has 0 atom stereocenters. The van der Waals surface area contributed by atoms with Crippen LogP contribution in [0.5, 0.6) is 0 Å². The summed E-state index contributed by atoms with van der Waals surface area (Å²) in [4.78, 5) is 31.0. The number of nitrogens with one attached hydrogen (secondary N) is 1. The van der Waals surface area contributed by atoms with E-state index in [0.717, 1.165) is 5.56 Å². The van der Waals surface area contributed by atoms with Crippen molar-refractivity contribution in [1.82, 2.24) is 19.1 Å². The number of hydrogen-bond acceptors (Lipinski definition) is 3. The molecule has 6 heteroatoms. The molecule has 0 bridgehead atoms. The molecule has 3 aromatic rings. The van der Waals surface area contributed by atoms with Gasteiger partial charge in [0.05, 0.1) is 12.9 Å². The molecule has 0 unspecified atom stereocenters. The molecule has 126 valence electrons. The van der Waals surface area contributed by atoms with E-state index in [1.54, 1.807) is 10.9 Å². The minimum Gasteiger partial charge on any atom is -0.325 e. The molecule has 24 heavy (non-hydrogen) atoms. The van der Waals surface area contributed by atoms with Crippen LogP contribution in [0.15, 0.2) is 40.2 Å². The predicted molar refractivity (Wildman–Crippen MR) is 94.5 cm³/mol. The van der Waals surface area contributed by atoms with Crippen LogP contribution in [0.2, 0.25) is 0 Å². The number of imidazole rings is 1. The maximum atomic E-state index is 12.2. The maximum absolute atomic E-state index is 12.2. The zero-order valence-corrected chi connectivity index (χ0v) is 14.5. The van der Waals surface area contributed by atoms with Crippen LogP contribution in [0, 0.1) is 0 Å². The van der Waals surface area contributed by atoms with Gasteiger partial charge in [0.15, 0.2) is 11.2 Å². The van der Waals surface area contributed by atoms with Crippen LogP contribution in [0.25, 0.3) is 11.2 Å². The molecule has 0 radical (unpaired) electrons. The fraction of sp³-hybridized carbons (Fsp3) is 0.389. The lowest BCUT2D eigenvalue weighted by atomic mass is 9.87. The Hall–Kier alpha value is -2.63. The summed E-state index contributed by atoms with van der Waals surface area (Å²) in [6.45, 7) is 9.41. The van der Waals surface area contributed by atoms with E-state index >= 15 is 0 Å². The molecule has 0 aliphatic rings. The van der Waals surface area contributed by atoms with Crippen LogP contribution in [-0.4, -0.2) is 19.1 Å². The maximum Gasteiger partial charge on any atom is 0.330 e. The van der Waals surface area contributed by atoms with E-state index in [4.69, 9.17) is 0 Å². The van der Waals surface area contributed by atoms with Crippen molar-refractivity contribution in [3.63, 3.8) is 0 Å². The van der Waals surface area contributed by atoms with E-state index in [2.05, 4.69) is 42.9 Å². The largest absolute Gasteiger partial charge is 0.330 e. The minimum absolute atomic E-state index is 0.0838. The summed E-state index contributed by atoms with van der Waals surface area (Å²) in [5.41, 5.74) is 2.34. The smallest absolute Gasteiger partial charge is 0.325 e. The first-order chi connectivity index (χ1) is 11.3. The molecule has 3 rings (SSSR count). The van der Waals surface area contributed by atoms with E-state index in [0.29, 0.717) is 24.3 Å². The van der Waals surface area contributed by atoms with Gasteiger partial charge in [0.25, 0.3) is 5.56 Å². The summed E-state index contributed by atoms with van der Waals surface area (Å²) in [7, 11) is 0. The Morgan fingerprint density at radius 1 is 1.12 bits per heavy atom. The Labute approximate surface area is 139 Å². The molecule has 2 heterocycles. The highest BCUT2D eigenvalue weighted by molar-refractivity contribution is 5.69. The van der Waals surface area contributed by atoms with Crippen molar-refractivity contribution in [3.05, 3.63) is 62.6 Å². The van der Waals surface area contributed by atoms with Crippen LogP contribution >= 0.6 is 0 Å². The summed E-state index contributed by atoms with van der Waals surface area (Å²) in [6.07, 6.45) is 1.60. The molecule has 0 spiro atoms. The zero-order valence-electron chi connectivity index (χ0n) is 14.5. The molecule has 1 N–H and O–H groups in total. The Morgan fingerprint density at radius 3 is 2.38 bits per heavy atom. The van der Waals surface area contributed by atoms with Gasteiger partial charge in [0, 0.05) is 6.54 Å². The SMILES string of the molecule is CCn1cnc2c1c(=O)[nH]c(=O)n2Cc1ccc(C(C)(C)C)cc1. The number of aromatic amines is 1. The molecule has 0 fully saturated rings. The number of hydrogen-bond donors (Lipinski definition) is 1. The quantitative estimate of drug-likeness (QED) is 0.802. The second-order valence-corrected chi connectivity index (χ2v) is 7.00. The van der Waals surface area contributed by atoms with E-state index in [9.17, 15) is 9.59 Å². The highest BCUT2D eigenvalue weighted by Gasteiger charge is 2.15. The number of aromatic nitrogens is 4. The number of benzene rings is 1. The molecule has 0 saturated heterocycles. The van der Waals surface area contributed by atoms with Gasteiger partial charge in [0.2, 0.25) is 0 Å². The molecule has 0 aliphatic heterocycles. The number of H-pyrrole nitrogens is 1. The lowest BCUT2D eigenvalue weighted by Gasteiger charge is -2.19. The standard InChI is InChI=1S/C18H22N4O2/c1-5-21-11-19-15-14(21)16(23)20-17(24)22(15)10-12-6-8-13(9-7-12)18(2,3)4/h6-9,11H,5,10H2,1-4H3,(H,20,23,24). The summed E-state index contributed by atoms with van der Waals surface area (Å²) < 4.78 is 3.25. The molecule has 0 amide bonds. The van der Waals surface area contributed by atoms with Gasteiger partial charge < -0.3 is 4.57 Å². The van der Waals surface area contributed by atoms with E-state index in [-0.39, 0.29) is 5.41 Å². The molecular formula is C18H22N4O2. The lowest BCUT2D eigenvalue weighted by molar-refractivity contribution is 0.589.